The van der Waals surface area contributed by atoms with E-state index in [0.29, 0.717) is 13.1 Å². The van der Waals surface area contributed by atoms with Gasteiger partial charge in [-0.3, -0.25) is 9.78 Å². The lowest BCUT2D eigenvalue weighted by atomic mass is 9.80. The van der Waals surface area contributed by atoms with E-state index in [-0.39, 0.29) is 5.91 Å². The van der Waals surface area contributed by atoms with Gasteiger partial charge >= 0.3 is 0 Å². The average Bonchev–Trinajstić information content (AvgIpc) is 2.62. The second-order valence-electron chi connectivity index (χ2n) is 3.53. The number of hydrogen-bond donors (Lipinski definition) is 2. The number of amides is 1. The lowest BCUT2D eigenvalue weighted by molar-refractivity contribution is -0.123. The van der Waals surface area contributed by atoms with Gasteiger partial charge in [0, 0.05) is 25.5 Å². The van der Waals surface area contributed by atoms with Gasteiger partial charge in [0.1, 0.15) is 0 Å². The molecule has 0 radical (unpaired) electrons. The average molecular weight is 191 g/mol. The lowest BCUT2D eigenvalue weighted by Crippen LogP contribution is -2.42. The molecule has 4 nitrogen and oxygen atoms in total. The molecule has 1 atom stereocenters. The van der Waals surface area contributed by atoms with E-state index >= 15 is 0 Å². The molecule has 74 valence electrons. The zero-order valence-electron chi connectivity index (χ0n) is 7.86. The zero-order chi connectivity index (χ0) is 10.0. The molecule has 2 rings (SSSR count). The van der Waals surface area contributed by atoms with Crippen LogP contribution in [0.4, 0.5) is 0 Å². The fraction of sp³-hybridized carbons (Fsp3) is 0.400. The lowest BCUT2D eigenvalue weighted by Gasteiger charge is -2.23. The number of aromatic nitrogens is 1. The summed E-state index contributed by atoms with van der Waals surface area (Å²) >= 11 is 0. The molecule has 0 bridgehead atoms. The molecule has 1 saturated heterocycles. The molecule has 1 unspecified atom stereocenters. The van der Waals surface area contributed by atoms with Gasteiger partial charge in [0.15, 0.2) is 0 Å². The second-order valence-corrected chi connectivity index (χ2v) is 3.53. The molecule has 1 aromatic heterocycles. The number of hydrogen-bond acceptors (Lipinski definition) is 3. The van der Waals surface area contributed by atoms with Crippen LogP contribution in [0, 0.1) is 0 Å². The minimum atomic E-state index is -0.547. The number of carbonyl (C=O) groups is 1. The standard InChI is InChI=1S/C10H13N3O/c11-7-10(3-5-13-9(10)14)8-2-1-4-12-6-8/h1-2,4,6H,3,5,7,11H2,(H,13,14). The first-order valence-corrected chi connectivity index (χ1v) is 4.68. The van der Waals surface area contributed by atoms with Gasteiger partial charge < -0.3 is 11.1 Å². The van der Waals surface area contributed by atoms with Crippen LogP contribution in [0.25, 0.3) is 0 Å². The Kier molecular flexibility index (Phi) is 2.21. The Morgan fingerprint density at radius 3 is 3.00 bits per heavy atom. The van der Waals surface area contributed by atoms with Crippen molar-refractivity contribution < 1.29 is 4.79 Å². The highest BCUT2D eigenvalue weighted by Crippen LogP contribution is 2.29. The molecule has 1 amide bonds. The minimum Gasteiger partial charge on any atom is -0.355 e. The Balaban J connectivity index is 2.43. The number of nitrogens with zero attached hydrogens (tertiary/aromatic N) is 1. The van der Waals surface area contributed by atoms with Crippen molar-refractivity contribution in [2.24, 2.45) is 5.73 Å². The molecule has 1 fully saturated rings. The van der Waals surface area contributed by atoms with Crippen LogP contribution < -0.4 is 11.1 Å². The summed E-state index contributed by atoms with van der Waals surface area (Å²) in [4.78, 5) is 15.7. The van der Waals surface area contributed by atoms with Crippen LogP contribution in [0.3, 0.4) is 0 Å². The first-order valence-electron chi connectivity index (χ1n) is 4.68. The fourth-order valence-corrected chi connectivity index (χ4v) is 1.91. The van der Waals surface area contributed by atoms with E-state index in [1.165, 1.54) is 0 Å². The number of nitrogens with one attached hydrogen (secondary N) is 1. The van der Waals surface area contributed by atoms with E-state index in [2.05, 4.69) is 10.3 Å². The molecule has 1 aliphatic rings. The van der Waals surface area contributed by atoms with Crippen molar-refractivity contribution in [2.75, 3.05) is 13.1 Å². The Morgan fingerprint density at radius 2 is 2.50 bits per heavy atom. The Labute approximate surface area is 82.5 Å². The summed E-state index contributed by atoms with van der Waals surface area (Å²) < 4.78 is 0. The Bertz CT molecular complexity index is 338. The van der Waals surface area contributed by atoms with Crippen LogP contribution in [0.15, 0.2) is 24.5 Å². The molecular formula is C10H13N3O. The SMILES string of the molecule is NCC1(c2cccnc2)CCNC1=O. The van der Waals surface area contributed by atoms with Crippen molar-refractivity contribution in [3.63, 3.8) is 0 Å². The van der Waals surface area contributed by atoms with Gasteiger partial charge in [0.2, 0.25) is 5.91 Å². The van der Waals surface area contributed by atoms with Gasteiger partial charge in [0.25, 0.3) is 0 Å². The number of pyridine rings is 1. The van der Waals surface area contributed by atoms with E-state index in [0.717, 1.165) is 12.0 Å². The van der Waals surface area contributed by atoms with Crippen molar-refractivity contribution in [2.45, 2.75) is 11.8 Å². The maximum atomic E-state index is 11.7. The third-order valence-corrected chi connectivity index (χ3v) is 2.83. The maximum absolute atomic E-state index is 11.7. The highest BCUT2D eigenvalue weighted by molar-refractivity contribution is 5.90. The normalized spacial score (nSPS) is 26.2. The van der Waals surface area contributed by atoms with Gasteiger partial charge in [0.05, 0.1) is 5.41 Å². The minimum absolute atomic E-state index is 0.0213. The molecule has 2 heterocycles. The predicted molar refractivity (Wildman–Crippen MR) is 52.6 cm³/mol. The van der Waals surface area contributed by atoms with Crippen molar-refractivity contribution in [1.82, 2.24) is 10.3 Å². The third kappa shape index (κ3) is 1.19. The molecule has 14 heavy (non-hydrogen) atoms. The molecule has 0 saturated carbocycles. The maximum Gasteiger partial charge on any atom is 0.232 e. The molecule has 0 aliphatic carbocycles. The summed E-state index contributed by atoms with van der Waals surface area (Å²) in [5.74, 6) is 0.0213. The van der Waals surface area contributed by atoms with Crippen LogP contribution in [0.5, 0.6) is 0 Å². The highest BCUT2D eigenvalue weighted by Gasteiger charge is 2.42. The Morgan fingerprint density at radius 1 is 1.64 bits per heavy atom. The van der Waals surface area contributed by atoms with Crippen molar-refractivity contribution >= 4 is 5.91 Å². The molecule has 3 N–H and O–H groups in total. The summed E-state index contributed by atoms with van der Waals surface area (Å²) in [7, 11) is 0. The molecule has 1 aliphatic heterocycles. The van der Waals surface area contributed by atoms with E-state index < -0.39 is 5.41 Å². The van der Waals surface area contributed by atoms with Gasteiger partial charge in [-0.25, -0.2) is 0 Å². The van der Waals surface area contributed by atoms with E-state index in [1.807, 2.05) is 12.1 Å². The number of carbonyl (C=O) groups excluding carboxylic acids is 1. The highest BCUT2D eigenvalue weighted by atomic mass is 16.2. The molecule has 0 aromatic carbocycles. The van der Waals surface area contributed by atoms with Crippen LogP contribution >= 0.6 is 0 Å². The van der Waals surface area contributed by atoms with Gasteiger partial charge in [-0.15, -0.1) is 0 Å². The smallest absolute Gasteiger partial charge is 0.232 e. The third-order valence-electron chi connectivity index (χ3n) is 2.83. The number of nitrogens with two attached hydrogens (primary N) is 1. The quantitative estimate of drug-likeness (QED) is 0.680. The zero-order valence-corrected chi connectivity index (χ0v) is 7.86. The van der Waals surface area contributed by atoms with Gasteiger partial charge in [-0.2, -0.15) is 0 Å². The van der Waals surface area contributed by atoms with Crippen molar-refractivity contribution in [3.8, 4) is 0 Å². The topological polar surface area (TPSA) is 68.0 Å². The molecule has 0 spiro atoms. The van der Waals surface area contributed by atoms with E-state index in [9.17, 15) is 4.79 Å². The Hall–Kier alpha value is -1.42. The van der Waals surface area contributed by atoms with E-state index in [4.69, 9.17) is 5.73 Å². The first kappa shape index (κ1) is 9.15. The summed E-state index contributed by atoms with van der Waals surface area (Å²) in [6.45, 7) is 1.04. The van der Waals surface area contributed by atoms with Crippen molar-refractivity contribution in [1.29, 1.82) is 0 Å². The van der Waals surface area contributed by atoms with Gasteiger partial charge in [-0.1, -0.05) is 6.07 Å². The predicted octanol–water partition coefficient (Wildman–Crippen LogP) is -0.202. The summed E-state index contributed by atoms with van der Waals surface area (Å²) in [6.07, 6.45) is 4.17. The van der Waals surface area contributed by atoms with Crippen LogP contribution in [-0.4, -0.2) is 24.0 Å². The van der Waals surface area contributed by atoms with Crippen LogP contribution in [0.1, 0.15) is 12.0 Å². The van der Waals surface area contributed by atoms with E-state index in [1.54, 1.807) is 12.4 Å². The first-order chi connectivity index (χ1) is 6.79. The molecule has 4 heteroatoms. The summed E-state index contributed by atoms with van der Waals surface area (Å²) in [5, 5.41) is 2.81. The molecular weight excluding hydrogens is 178 g/mol. The molecule has 1 aromatic rings. The van der Waals surface area contributed by atoms with Crippen LogP contribution in [0.2, 0.25) is 0 Å². The van der Waals surface area contributed by atoms with Gasteiger partial charge in [-0.05, 0) is 18.1 Å². The monoisotopic (exact) mass is 191 g/mol. The fourth-order valence-electron chi connectivity index (χ4n) is 1.91. The number of rotatable bonds is 2. The summed E-state index contributed by atoms with van der Waals surface area (Å²) in [5.41, 5.74) is 6.07. The van der Waals surface area contributed by atoms with Crippen molar-refractivity contribution in [3.05, 3.63) is 30.1 Å². The second kappa shape index (κ2) is 3.38. The van der Waals surface area contributed by atoms with Crippen LogP contribution in [-0.2, 0) is 10.2 Å². The largest absolute Gasteiger partial charge is 0.355 e. The summed E-state index contributed by atoms with van der Waals surface area (Å²) in [6, 6.07) is 3.74.